The maximum atomic E-state index is 10.5. The van der Waals surface area contributed by atoms with E-state index in [1.807, 2.05) is 19.4 Å². The van der Waals surface area contributed by atoms with Gasteiger partial charge in [0.15, 0.2) is 0 Å². The highest BCUT2D eigenvalue weighted by molar-refractivity contribution is 5.26. The van der Waals surface area contributed by atoms with Crippen LogP contribution in [-0.2, 0) is 13.6 Å². The molecule has 1 fully saturated rings. The number of aromatic nitrogens is 2. The summed E-state index contributed by atoms with van der Waals surface area (Å²) in [4.78, 5) is 9.19. The molecule has 0 aliphatic carbocycles. The summed E-state index contributed by atoms with van der Waals surface area (Å²) >= 11 is 0. The standard InChI is InChI=1S/C20H30N4O/c1-16(2)17-4-6-18(7-5-17)19(25)14-23-10-12-24(13-11-23)15-20-21-8-9-22(20)3/h4-9,16,19,25H,10-15H2,1-3H3/t19-/m1/s1. The van der Waals surface area contributed by atoms with E-state index in [-0.39, 0.29) is 0 Å². The van der Waals surface area contributed by atoms with Crippen LogP contribution in [0.3, 0.4) is 0 Å². The van der Waals surface area contributed by atoms with Crippen molar-refractivity contribution in [3.63, 3.8) is 0 Å². The molecule has 5 nitrogen and oxygen atoms in total. The van der Waals surface area contributed by atoms with Crippen molar-refractivity contribution in [3.05, 3.63) is 53.6 Å². The van der Waals surface area contributed by atoms with E-state index >= 15 is 0 Å². The van der Waals surface area contributed by atoms with E-state index < -0.39 is 6.10 Å². The van der Waals surface area contributed by atoms with Gasteiger partial charge >= 0.3 is 0 Å². The zero-order valence-corrected chi connectivity index (χ0v) is 15.6. The van der Waals surface area contributed by atoms with Crippen molar-refractivity contribution in [3.8, 4) is 0 Å². The fraction of sp³-hybridized carbons (Fsp3) is 0.550. The quantitative estimate of drug-likeness (QED) is 0.875. The van der Waals surface area contributed by atoms with Crippen molar-refractivity contribution in [2.24, 2.45) is 7.05 Å². The molecule has 0 radical (unpaired) electrons. The number of hydrogen-bond donors (Lipinski definition) is 1. The first-order valence-corrected chi connectivity index (χ1v) is 9.21. The normalized spacial score (nSPS) is 18.0. The van der Waals surface area contributed by atoms with E-state index in [4.69, 9.17) is 0 Å². The van der Waals surface area contributed by atoms with E-state index in [1.54, 1.807) is 0 Å². The number of hydrogen-bond acceptors (Lipinski definition) is 4. The van der Waals surface area contributed by atoms with Crippen LogP contribution < -0.4 is 0 Å². The van der Waals surface area contributed by atoms with Crippen molar-refractivity contribution in [1.82, 2.24) is 19.4 Å². The van der Waals surface area contributed by atoms with Crippen LogP contribution >= 0.6 is 0 Å². The number of aryl methyl sites for hydroxylation is 1. The summed E-state index contributed by atoms with van der Waals surface area (Å²) in [5.41, 5.74) is 2.33. The first kappa shape index (κ1) is 18.1. The molecule has 2 aromatic rings. The van der Waals surface area contributed by atoms with Crippen molar-refractivity contribution in [2.45, 2.75) is 32.4 Å². The van der Waals surface area contributed by atoms with Crippen molar-refractivity contribution in [2.75, 3.05) is 32.7 Å². The second kappa shape index (κ2) is 8.13. The van der Waals surface area contributed by atoms with E-state index in [0.29, 0.717) is 12.5 Å². The average Bonchev–Trinajstić information content (AvgIpc) is 3.01. The van der Waals surface area contributed by atoms with Crippen molar-refractivity contribution >= 4 is 0 Å². The van der Waals surface area contributed by atoms with Gasteiger partial charge in [0.05, 0.1) is 12.6 Å². The molecule has 1 N–H and O–H groups in total. The smallest absolute Gasteiger partial charge is 0.122 e. The number of aliphatic hydroxyl groups is 1. The zero-order valence-electron chi connectivity index (χ0n) is 15.6. The van der Waals surface area contributed by atoms with Gasteiger partial charge in [0, 0.05) is 52.2 Å². The second-order valence-electron chi connectivity index (χ2n) is 7.37. The Kier molecular flexibility index (Phi) is 5.89. The minimum atomic E-state index is -0.415. The van der Waals surface area contributed by atoms with Crippen LogP contribution in [-0.4, -0.2) is 57.2 Å². The van der Waals surface area contributed by atoms with Crippen molar-refractivity contribution < 1.29 is 5.11 Å². The van der Waals surface area contributed by atoms with Crippen LogP contribution in [0.25, 0.3) is 0 Å². The molecule has 1 aromatic heterocycles. The summed E-state index contributed by atoms with van der Waals surface area (Å²) in [6, 6.07) is 8.40. The number of nitrogens with zero attached hydrogens (tertiary/aromatic N) is 4. The number of β-amino-alcohol motifs (C(OH)–C–C–N with tert-alkyl or cyclic N) is 1. The minimum absolute atomic E-state index is 0.415. The lowest BCUT2D eigenvalue weighted by molar-refractivity contribution is 0.0689. The van der Waals surface area contributed by atoms with Gasteiger partial charge in [-0.25, -0.2) is 4.98 Å². The number of aliphatic hydroxyl groups excluding tert-OH is 1. The Balaban J connectivity index is 1.47. The van der Waals surface area contributed by atoms with Crippen LogP contribution in [0.15, 0.2) is 36.7 Å². The van der Waals surface area contributed by atoms with Gasteiger partial charge < -0.3 is 9.67 Å². The number of benzene rings is 1. The van der Waals surface area contributed by atoms with E-state index in [2.05, 4.69) is 57.5 Å². The van der Waals surface area contributed by atoms with Crippen molar-refractivity contribution in [1.29, 1.82) is 0 Å². The Morgan fingerprint density at radius 3 is 2.16 bits per heavy atom. The summed E-state index contributed by atoms with van der Waals surface area (Å²) in [6.07, 6.45) is 3.43. The fourth-order valence-corrected chi connectivity index (χ4v) is 3.33. The summed E-state index contributed by atoms with van der Waals surface area (Å²) in [5, 5.41) is 10.5. The molecule has 0 unspecified atom stereocenters. The molecule has 1 aromatic carbocycles. The Hall–Kier alpha value is -1.69. The largest absolute Gasteiger partial charge is 0.387 e. The highest BCUT2D eigenvalue weighted by Gasteiger charge is 2.20. The van der Waals surface area contributed by atoms with Gasteiger partial charge in [-0.15, -0.1) is 0 Å². The number of rotatable bonds is 6. The van der Waals surface area contributed by atoms with E-state index in [1.165, 1.54) is 5.56 Å². The van der Waals surface area contributed by atoms with Gasteiger partial charge in [-0.1, -0.05) is 38.1 Å². The molecule has 0 spiro atoms. The highest BCUT2D eigenvalue weighted by Crippen LogP contribution is 2.20. The molecule has 1 aliphatic heterocycles. The fourth-order valence-electron chi connectivity index (χ4n) is 3.33. The third-order valence-electron chi connectivity index (χ3n) is 5.17. The molecule has 1 saturated heterocycles. The molecule has 2 heterocycles. The van der Waals surface area contributed by atoms with Crippen LogP contribution in [0, 0.1) is 0 Å². The summed E-state index contributed by atoms with van der Waals surface area (Å²) in [6.45, 7) is 10.0. The monoisotopic (exact) mass is 342 g/mol. The third-order valence-corrected chi connectivity index (χ3v) is 5.17. The third kappa shape index (κ3) is 4.69. The number of imidazole rings is 1. The van der Waals surface area contributed by atoms with Gasteiger partial charge in [-0.05, 0) is 17.0 Å². The second-order valence-corrected chi connectivity index (χ2v) is 7.37. The predicted octanol–water partition coefficient (Wildman–Crippen LogP) is 2.39. The molecule has 0 saturated carbocycles. The molecule has 136 valence electrons. The summed E-state index contributed by atoms with van der Waals surface area (Å²) in [7, 11) is 2.04. The van der Waals surface area contributed by atoms with Crippen LogP contribution in [0.4, 0.5) is 0 Å². The topological polar surface area (TPSA) is 44.5 Å². The molecule has 0 bridgehead atoms. The maximum Gasteiger partial charge on any atom is 0.122 e. The van der Waals surface area contributed by atoms with Gasteiger partial charge in [-0.2, -0.15) is 0 Å². The van der Waals surface area contributed by atoms with E-state index in [9.17, 15) is 5.11 Å². The van der Waals surface area contributed by atoms with Crippen LogP contribution in [0.1, 0.15) is 42.8 Å². The van der Waals surface area contributed by atoms with E-state index in [0.717, 1.165) is 44.1 Å². The SMILES string of the molecule is CC(C)c1ccc([C@H](O)CN2CCN(Cc3nccn3C)CC2)cc1. The Labute approximate surface area is 150 Å². The lowest BCUT2D eigenvalue weighted by Crippen LogP contribution is -2.47. The maximum absolute atomic E-state index is 10.5. The lowest BCUT2D eigenvalue weighted by Gasteiger charge is -2.35. The molecule has 25 heavy (non-hydrogen) atoms. The van der Waals surface area contributed by atoms with Crippen LogP contribution in [0.2, 0.25) is 0 Å². The molecule has 1 aliphatic rings. The Morgan fingerprint density at radius 1 is 1.00 bits per heavy atom. The van der Waals surface area contributed by atoms with Gasteiger partial charge in [0.25, 0.3) is 0 Å². The molecule has 1 atom stereocenters. The molecule has 3 rings (SSSR count). The van der Waals surface area contributed by atoms with Gasteiger partial charge in [0.2, 0.25) is 0 Å². The molecular weight excluding hydrogens is 312 g/mol. The zero-order chi connectivity index (χ0) is 17.8. The first-order chi connectivity index (χ1) is 12.0. The average molecular weight is 342 g/mol. The Morgan fingerprint density at radius 2 is 1.60 bits per heavy atom. The summed E-state index contributed by atoms with van der Waals surface area (Å²) in [5.74, 6) is 1.64. The predicted molar refractivity (Wildman–Crippen MR) is 100 cm³/mol. The van der Waals surface area contributed by atoms with Gasteiger partial charge in [-0.3, -0.25) is 9.80 Å². The molecular formula is C20H30N4O. The molecule has 0 amide bonds. The first-order valence-electron chi connectivity index (χ1n) is 9.21. The number of piperazine rings is 1. The highest BCUT2D eigenvalue weighted by atomic mass is 16.3. The summed E-state index contributed by atoms with van der Waals surface area (Å²) < 4.78 is 2.08. The molecule has 5 heteroatoms. The Bertz CT molecular complexity index is 657. The van der Waals surface area contributed by atoms with Crippen LogP contribution in [0.5, 0.6) is 0 Å². The minimum Gasteiger partial charge on any atom is -0.387 e. The lowest BCUT2D eigenvalue weighted by atomic mass is 10.00. The van der Waals surface area contributed by atoms with Gasteiger partial charge in [0.1, 0.15) is 5.82 Å².